The van der Waals surface area contributed by atoms with E-state index >= 15 is 0 Å². The first-order valence-corrected chi connectivity index (χ1v) is 20.4. The summed E-state index contributed by atoms with van der Waals surface area (Å²) >= 11 is 1.30. The number of urea groups is 1. The molecule has 5 rings (SSSR count). The first-order valence-electron chi connectivity index (χ1n) is 16.0. The lowest BCUT2D eigenvalue weighted by atomic mass is 10.0. The number of aryl methyl sites for hydroxylation is 1. The maximum atomic E-state index is 13.7. The maximum Gasteiger partial charge on any atom is 0.328 e. The van der Waals surface area contributed by atoms with Crippen molar-refractivity contribution in [2.45, 2.75) is 54.1 Å². The van der Waals surface area contributed by atoms with E-state index in [0.29, 0.717) is 28.4 Å². The fourth-order valence-corrected chi connectivity index (χ4v) is 8.43. The van der Waals surface area contributed by atoms with Crippen molar-refractivity contribution in [1.82, 2.24) is 19.6 Å². The zero-order valence-corrected chi connectivity index (χ0v) is 30.2. The molecule has 0 spiro atoms. The summed E-state index contributed by atoms with van der Waals surface area (Å²) in [6, 6.07) is 29.8. The smallest absolute Gasteiger partial charge is 0.328 e. The highest BCUT2D eigenvalue weighted by atomic mass is 32.2. The summed E-state index contributed by atoms with van der Waals surface area (Å²) in [5, 5.41) is 3.05. The van der Waals surface area contributed by atoms with E-state index in [1.54, 1.807) is 59.4 Å². The van der Waals surface area contributed by atoms with E-state index in [1.807, 2.05) is 42.5 Å². The van der Waals surface area contributed by atoms with Crippen LogP contribution in [-0.4, -0.2) is 50.2 Å². The third-order valence-electron chi connectivity index (χ3n) is 7.95. The summed E-state index contributed by atoms with van der Waals surface area (Å²) < 4.78 is 56.9. The first-order chi connectivity index (χ1) is 24.0. The second-order valence-electron chi connectivity index (χ2n) is 11.5. The number of sulfone groups is 1. The first kappa shape index (κ1) is 36.6. The molecule has 0 bridgehead atoms. The molecule has 260 valence electrons. The molecule has 1 aromatic heterocycles. The van der Waals surface area contributed by atoms with Crippen LogP contribution < -0.4 is 10.0 Å². The molecular weight excluding hydrogens is 693 g/mol. The Bertz CT molecular complexity index is 2170. The SMILES string of the molecule is CCCCc1nc(SC)c(C(=O)CS(=O)(=O)c2ccccc2)n1Cc1ccc(-c2ccccc2S(=O)(=O)NC(=O)NCc2ccccc2)cc1. The molecule has 0 aliphatic carbocycles. The van der Waals surface area contributed by atoms with Crippen LogP contribution in [0.3, 0.4) is 0 Å². The van der Waals surface area contributed by atoms with Gasteiger partial charge in [-0.3, -0.25) is 4.79 Å². The molecule has 0 saturated heterocycles. The second kappa shape index (κ2) is 16.3. The Hall–Kier alpha value is -4.72. The van der Waals surface area contributed by atoms with Crippen LogP contribution in [0.1, 0.15) is 47.2 Å². The average molecular weight is 731 g/mol. The van der Waals surface area contributed by atoms with Gasteiger partial charge < -0.3 is 9.88 Å². The van der Waals surface area contributed by atoms with Gasteiger partial charge in [0, 0.05) is 25.1 Å². The van der Waals surface area contributed by atoms with Crippen LogP contribution in [0.5, 0.6) is 0 Å². The molecule has 0 unspecified atom stereocenters. The molecule has 0 aliphatic rings. The van der Waals surface area contributed by atoms with Crippen molar-refractivity contribution < 1.29 is 26.4 Å². The van der Waals surface area contributed by atoms with Gasteiger partial charge in [0.15, 0.2) is 15.6 Å². The highest BCUT2D eigenvalue weighted by Crippen LogP contribution is 2.29. The third kappa shape index (κ3) is 8.89. The quantitative estimate of drug-likeness (QED) is 0.0917. The van der Waals surface area contributed by atoms with Gasteiger partial charge in [-0.25, -0.2) is 31.3 Å². The van der Waals surface area contributed by atoms with Crippen molar-refractivity contribution in [3.05, 3.63) is 132 Å². The molecule has 0 fully saturated rings. The lowest BCUT2D eigenvalue weighted by molar-refractivity contribution is 0.100. The lowest BCUT2D eigenvalue weighted by Gasteiger charge is -2.14. The molecule has 0 radical (unpaired) electrons. The zero-order valence-electron chi connectivity index (χ0n) is 27.7. The van der Waals surface area contributed by atoms with Crippen LogP contribution in [0.2, 0.25) is 0 Å². The molecule has 1 heterocycles. The van der Waals surface area contributed by atoms with Gasteiger partial charge in [-0.15, -0.1) is 11.8 Å². The summed E-state index contributed by atoms with van der Waals surface area (Å²) in [5.41, 5.74) is 2.88. The monoisotopic (exact) mass is 730 g/mol. The van der Waals surface area contributed by atoms with Gasteiger partial charge >= 0.3 is 6.03 Å². The third-order valence-corrected chi connectivity index (χ3v) is 11.6. The minimum Gasteiger partial charge on any atom is -0.333 e. The van der Waals surface area contributed by atoms with E-state index in [0.717, 1.165) is 24.0 Å². The Balaban J connectivity index is 1.39. The van der Waals surface area contributed by atoms with Crippen molar-refractivity contribution >= 4 is 43.4 Å². The number of hydrogen-bond acceptors (Lipinski definition) is 8. The second-order valence-corrected chi connectivity index (χ2v) is 16.0. The number of carbonyl (C=O) groups is 2. The Labute approximate surface area is 297 Å². The number of nitrogens with zero attached hydrogens (tertiary/aromatic N) is 2. The summed E-state index contributed by atoms with van der Waals surface area (Å²) in [6.45, 7) is 2.48. The molecule has 5 aromatic rings. The predicted octanol–water partition coefficient (Wildman–Crippen LogP) is 6.51. The highest BCUT2D eigenvalue weighted by Gasteiger charge is 2.28. The normalized spacial score (nSPS) is 11.6. The van der Waals surface area contributed by atoms with Crippen LogP contribution in [-0.2, 0) is 39.4 Å². The summed E-state index contributed by atoms with van der Waals surface area (Å²) in [7, 11) is -8.12. The molecular formula is C37H38N4O6S3. The standard InChI is InChI=1S/C37H38N4O6S3/c1-3-4-19-34-39-36(48-2)35(32(42)26-49(44,45)30-15-9-6-10-16-30)41(34)25-28-20-22-29(23-21-28)31-17-11-12-18-33(31)50(46,47)40-37(43)38-24-27-13-7-5-8-14-27/h5-18,20-23H,3-4,19,24-26H2,1-2H3,(H2,38,40,43). The van der Waals surface area contributed by atoms with Gasteiger partial charge in [-0.1, -0.05) is 104 Å². The van der Waals surface area contributed by atoms with E-state index < -0.39 is 37.4 Å². The lowest BCUT2D eigenvalue weighted by Crippen LogP contribution is -2.39. The molecule has 13 heteroatoms. The number of amides is 2. The van der Waals surface area contributed by atoms with Gasteiger partial charge in [0.05, 0.1) is 9.79 Å². The number of rotatable bonds is 15. The number of carbonyl (C=O) groups excluding carboxylic acids is 2. The molecule has 50 heavy (non-hydrogen) atoms. The van der Waals surface area contributed by atoms with Crippen molar-refractivity contribution in [3.63, 3.8) is 0 Å². The van der Waals surface area contributed by atoms with Crippen LogP contribution in [0, 0.1) is 0 Å². The maximum absolute atomic E-state index is 13.7. The number of benzene rings is 4. The number of nitrogens with one attached hydrogen (secondary N) is 2. The van der Waals surface area contributed by atoms with Gasteiger partial charge in [0.2, 0.25) is 0 Å². The zero-order chi connectivity index (χ0) is 35.7. The number of imidazole rings is 1. The van der Waals surface area contributed by atoms with Crippen molar-refractivity contribution in [3.8, 4) is 11.1 Å². The van der Waals surface area contributed by atoms with Crippen molar-refractivity contribution in [2.24, 2.45) is 0 Å². The van der Waals surface area contributed by atoms with E-state index in [2.05, 4.69) is 17.0 Å². The predicted molar refractivity (Wildman–Crippen MR) is 195 cm³/mol. The number of unbranched alkanes of at least 4 members (excludes halogenated alkanes) is 1. The van der Waals surface area contributed by atoms with Gasteiger partial charge in [-0.2, -0.15) is 0 Å². The fraction of sp³-hybridized carbons (Fsp3) is 0.216. The summed E-state index contributed by atoms with van der Waals surface area (Å²) in [5.74, 6) is -0.537. The number of Topliss-reactive ketones (excluding diaryl/α,β-unsaturated/α-hetero) is 1. The molecule has 4 aromatic carbocycles. The fourth-order valence-electron chi connectivity index (χ4n) is 5.44. The van der Waals surface area contributed by atoms with E-state index in [-0.39, 0.29) is 28.6 Å². The number of ketones is 1. The number of hydrogen-bond donors (Lipinski definition) is 2. The summed E-state index contributed by atoms with van der Waals surface area (Å²) in [6.07, 6.45) is 4.16. The number of thioether (sulfide) groups is 1. The Morgan fingerprint density at radius 2 is 1.44 bits per heavy atom. The minimum absolute atomic E-state index is 0.0591. The highest BCUT2D eigenvalue weighted by molar-refractivity contribution is 7.98. The number of sulfonamides is 1. The van der Waals surface area contributed by atoms with E-state index in [4.69, 9.17) is 4.98 Å². The Kier molecular flexibility index (Phi) is 11.9. The van der Waals surface area contributed by atoms with Gasteiger partial charge in [0.1, 0.15) is 22.3 Å². The molecule has 0 aliphatic heterocycles. The van der Waals surface area contributed by atoms with Crippen LogP contribution in [0.4, 0.5) is 4.79 Å². The van der Waals surface area contributed by atoms with E-state index in [9.17, 15) is 26.4 Å². The molecule has 10 nitrogen and oxygen atoms in total. The Morgan fingerprint density at radius 3 is 2.10 bits per heavy atom. The van der Waals surface area contributed by atoms with Gasteiger partial charge in [-0.05, 0) is 47.6 Å². The topological polar surface area (TPSA) is 144 Å². The van der Waals surface area contributed by atoms with Crippen molar-refractivity contribution in [1.29, 1.82) is 0 Å². The number of aromatic nitrogens is 2. The van der Waals surface area contributed by atoms with Crippen LogP contribution in [0.25, 0.3) is 11.1 Å². The van der Waals surface area contributed by atoms with Crippen LogP contribution >= 0.6 is 11.8 Å². The van der Waals surface area contributed by atoms with E-state index in [1.165, 1.54) is 30.0 Å². The largest absolute Gasteiger partial charge is 0.333 e. The average Bonchev–Trinajstić information content (AvgIpc) is 3.47. The molecule has 2 N–H and O–H groups in total. The van der Waals surface area contributed by atoms with Gasteiger partial charge in [0.25, 0.3) is 10.0 Å². The summed E-state index contributed by atoms with van der Waals surface area (Å²) in [4.78, 5) is 31.0. The van der Waals surface area contributed by atoms with Crippen LogP contribution in [0.15, 0.2) is 124 Å². The molecule has 2 amide bonds. The van der Waals surface area contributed by atoms with Crippen molar-refractivity contribution in [2.75, 3.05) is 12.0 Å². The Morgan fingerprint density at radius 1 is 0.800 bits per heavy atom. The molecule has 0 saturated carbocycles. The minimum atomic E-state index is -4.23. The molecule has 0 atom stereocenters.